The molecule has 1 amide bonds. The molecule has 2 aromatic rings. The van der Waals surface area contributed by atoms with Crippen LogP contribution in [-0.4, -0.2) is 10.9 Å². The monoisotopic (exact) mass is 317 g/mol. The van der Waals surface area contributed by atoms with E-state index in [4.69, 9.17) is 11.6 Å². The molecule has 0 saturated heterocycles. The number of benzene rings is 1. The molecule has 0 spiro atoms. The van der Waals surface area contributed by atoms with E-state index in [-0.39, 0.29) is 5.91 Å². The highest BCUT2D eigenvalue weighted by Gasteiger charge is 2.02. The summed E-state index contributed by atoms with van der Waals surface area (Å²) in [5.74, 6) is 0.798. The number of nitrogens with zero attached hydrogens (tertiary/aromatic N) is 1. The van der Waals surface area contributed by atoms with Crippen molar-refractivity contribution in [3.8, 4) is 0 Å². The Morgan fingerprint density at radius 1 is 1.18 bits per heavy atom. The third-order valence-corrected chi connectivity index (χ3v) is 3.44. The van der Waals surface area contributed by atoms with Crippen LogP contribution >= 0.6 is 11.6 Å². The lowest BCUT2D eigenvalue weighted by molar-refractivity contribution is -0.116. The van der Waals surface area contributed by atoms with Crippen molar-refractivity contribution in [3.63, 3.8) is 0 Å². The standard InChI is InChI=1S/C17H20ClN3O/c1-2-3-4-17(22)21-15-9-10-16(20-12-15)19-11-13-5-7-14(18)8-6-13/h5-10,12H,2-4,11H2,1H3,(H,19,20)(H,21,22). The highest BCUT2D eigenvalue weighted by atomic mass is 35.5. The van der Waals surface area contributed by atoms with Gasteiger partial charge in [-0.1, -0.05) is 37.1 Å². The van der Waals surface area contributed by atoms with Gasteiger partial charge in [0.2, 0.25) is 5.91 Å². The molecule has 0 fully saturated rings. The van der Waals surface area contributed by atoms with Crippen molar-refractivity contribution < 1.29 is 4.79 Å². The fourth-order valence-electron chi connectivity index (χ4n) is 1.93. The minimum absolute atomic E-state index is 0.0329. The number of unbranched alkanes of at least 4 members (excludes halogenated alkanes) is 1. The minimum atomic E-state index is 0.0329. The van der Waals surface area contributed by atoms with Crippen molar-refractivity contribution in [1.82, 2.24) is 4.98 Å². The second-order valence-electron chi connectivity index (χ2n) is 5.06. The van der Waals surface area contributed by atoms with Crippen LogP contribution in [0.25, 0.3) is 0 Å². The molecule has 0 aliphatic heterocycles. The number of anilines is 2. The van der Waals surface area contributed by atoms with Crippen LogP contribution in [0.15, 0.2) is 42.6 Å². The largest absolute Gasteiger partial charge is 0.366 e. The van der Waals surface area contributed by atoms with Crippen LogP contribution in [0.4, 0.5) is 11.5 Å². The SMILES string of the molecule is CCCCC(=O)Nc1ccc(NCc2ccc(Cl)cc2)nc1. The molecule has 2 rings (SSSR count). The van der Waals surface area contributed by atoms with Gasteiger partial charge in [-0.05, 0) is 36.2 Å². The quantitative estimate of drug-likeness (QED) is 0.792. The first-order valence-electron chi connectivity index (χ1n) is 7.41. The Labute approximate surface area is 135 Å². The molecule has 1 heterocycles. The average molecular weight is 318 g/mol. The Bertz CT molecular complexity index is 596. The summed E-state index contributed by atoms with van der Waals surface area (Å²) in [4.78, 5) is 15.9. The average Bonchev–Trinajstić information content (AvgIpc) is 2.54. The fourth-order valence-corrected chi connectivity index (χ4v) is 2.05. The van der Waals surface area contributed by atoms with Crippen LogP contribution in [-0.2, 0) is 11.3 Å². The van der Waals surface area contributed by atoms with E-state index in [2.05, 4.69) is 22.5 Å². The molecule has 0 aliphatic carbocycles. The van der Waals surface area contributed by atoms with Crippen molar-refractivity contribution in [2.75, 3.05) is 10.6 Å². The van der Waals surface area contributed by atoms with E-state index in [0.29, 0.717) is 13.0 Å². The van der Waals surface area contributed by atoms with E-state index < -0.39 is 0 Å². The molecular weight excluding hydrogens is 298 g/mol. The van der Waals surface area contributed by atoms with Gasteiger partial charge in [0.15, 0.2) is 0 Å². The minimum Gasteiger partial charge on any atom is -0.366 e. The Balaban J connectivity index is 1.83. The Hall–Kier alpha value is -2.07. The van der Waals surface area contributed by atoms with E-state index in [1.165, 1.54) is 0 Å². The van der Waals surface area contributed by atoms with E-state index in [1.54, 1.807) is 6.20 Å². The Kier molecular flexibility index (Phi) is 6.22. The summed E-state index contributed by atoms with van der Waals surface area (Å²) in [5, 5.41) is 6.80. The molecular formula is C17H20ClN3O. The Morgan fingerprint density at radius 2 is 1.95 bits per heavy atom. The summed E-state index contributed by atoms with van der Waals surface area (Å²) in [6.45, 7) is 2.74. The number of carbonyl (C=O) groups excluding carboxylic acids is 1. The van der Waals surface area contributed by atoms with E-state index in [9.17, 15) is 4.79 Å². The maximum absolute atomic E-state index is 11.6. The van der Waals surface area contributed by atoms with Crippen molar-refractivity contribution in [2.24, 2.45) is 0 Å². The van der Waals surface area contributed by atoms with Crippen LogP contribution in [0.1, 0.15) is 31.7 Å². The molecule has 116 valence electrons. The summed E-state index contributed by atoms with van der Waals surface area (Å²) in [7, 11) is 0. The van der Waals surface area contributed by atoms with Crippen molar-refractivity contribution in [3.05, 3.63) is 53.2 Å². The summed E-state index contributed by atoms with van der Waals surface area (Å²) >= 11 is 5.85. The summed E-state index contributed by atoms with van der Waals surface area (Å²) in [5.41, 5.74) is 1.85. The summed E-state index contributed by atoms with van der Waals surface area (Å²) in [6, 6.07) is 11.4. The maximum atomic E-state index is 11.6. The molecule has 0 aliphatic rings. The molecule has 2 N–H and O–H groups in total. The zero-order chi connectivity index (χ0) is 15.8. The highest BCUT2D eigenvalue weighted by molar-refractivity contribution is 6.30. The number of hydrogen-bond donors (Lipinski definition) is 2. The maximum Gasteiger partial charge on any atom is 0.224 e. The lowest BCUT2D eigenvalue weighted by Gasteiger charge is -2.08. The molecule has 0 unspecified atom stereocenters. The number of nitrogens with one attached hydrogen (secondary N) is 2. The third-order valence-electron chi connectivity index (χ3n) is 3.19. The van der Waals surface area contributed by atoms with Crippen LogP contribution in [0, 0.1) is 0 Å². The molecule has 5 heteroatoms. The third kappa shape index (κ3) is 5.37. The van der Waals surface area contributed by atoms with E-state index in [1.807, 2.05) is 36.4 Å². The number of carbonyl (C=O) groups is 1. The number of pyridine rings is 1. The molecule has 0 bridgehead atoms. The van der Waals surface area contributed by atoms with Gasteiger partial charge in [-0.2, -0.15) is 0 Å². The lowest BCUT2D eigenvalue weighted by atomic mass is 10.2. The molecule has 4 nitrogen and oxygen atoms in total. The Morgan fingerprint density at radius 3 is 2.59 bits per heavy atom. The van der Waals surface area contributed by atoms with E-state index >= 15 is 0 Å². The number of hydrogen-bond acceptors (Lipinski definition) is 3. The van der Waals surface area contributed by atoms with Crippen molar-refractivity contribution >= 4 is 29.0 Å². The van der Waals surface area contributed by atoms with Gasteiger partial charge in [-0.25, -0.2) is 4.98 Å². The van der Waals surface area contributed by atoms with Gasteiger partial charge in [0, 0.05) is 18.0 Å². The first-order valence-corrected chi connectivity index (χ1v) is 7.79. The fraction of sp³-hybridized carbons (Fsp3) is 0.294. The molecule has 0 radical (unpaired) electrons. The van der Waals surface area contributed by atoms with Gasteiger partial charge in [0.25, 0.3) is 0 Å². The summed E-state index contributed by atoms with van der Waals surface area (Å²) < 4.78 is 0. The smallest absolute Gasteiger partial charge is 0.224 e. The first-order chi connectivity index (χ1) is 10.7. The molecule has 0 atom stereocenters. The predicted octanol–water partition coefficient (Wildman–Crippen LogP) is 4.48. The second kappa shape index (κ2) is 8.39. The number of amides is 1. The van der Waals surface area contributed by atoms with E-state index in [0.717, 1.165) is 34.9 Å². The van der Waals surface area contributed by atoms with Crippen LogP contribution in [0.5, 0.6) is 0 Å². The van der Waals surface area contributed by atoms with Crippen LogP contribution in [0.2, 0.25) is 5.02 Å². The van der Waals surface area contributed by atoms with Crippen LogP contribution in [0.3, 0.4) is 0 Å². The van der Waals surface area contributed by atoms with Crippen molar-refractivity contribution in [2.45, 2.75) is 32.7 Å². The van der Waals surface area contributed by atoms with Crippen molar-refractivity contribution in [1.29, 1.82) is 0 Å². The van der Waals surface area contributed by atoms with Gasteiger partial charge < -0.3 is 10.6 Å². The van der Waals surface area contributed by atoms with Gasteiger partial charge in [0.1, 0.15) is 5.82 Å². The van der Waals surface area contributed by atoms with Gasteiger partial charge >= 0.3 is 0 Å². The molecule has 22 heavy (non-hydrogen) atoms. The highest BCUT2D eigenvalue weighted by Crippen LogP contribution is 2.13. The molecule has 0 saturated carbocycles. The predicted molar refractivity (Wildman–Crippen MR) is 91.2 cm³/mol. The number of aromatic nitrogens is 1. The van der Waals surface area contributed by atoms with Crippen LogP contribution < -0.4 is 10.6 Å². The molecule has 1 aromatic carbocycles. The first kappa shape index (κ1) is 16.3. The molecule has 1 aromatic heterocycles. The van der Waals surface area contributed by atoms with Gasteiger partial charge in [-0.3, -0.25) is 4.79 Å². The summed E-state index contributed by atoms with van der Waals surface area (Å²) in [6.07, 6.45) is 4.13. The second-order valence-corrected chi connectivity index (χ2v) is 5.50. The topological polar surface area (TPSA) is 54.0 Å². The zero-order valence-corrected chi connectivity index (χ0v) is 13.4. The van der Waals surface area contributed by atoms with Gasteiger partial charge in [-0.15, -0.1) is 0 Å². The number of rotatable bonds is 7. The zero-order valence-electron chi connectivity index (χ0n) is 12.6. The lowest BCUT2D eigenvalue weighted by Crippen LogP contribution is -2.11. The normalized spacial score (nSPS) is 10.3. The van der Waals surface area contributed by atoms with Gasteiger partial charge in [0.05, 0.1) is 11.9 Å². The number of halogens is 1.